The monoisotopic (exact) mass is 372 g/mol. The lowest BCUT2D eigenvalue weighted by Gasteiger charge is -2.07. The molecule has 3 heterocycles. The highest BCUT2D eigenvalue weighted by molar-refractivity contribution is 7.99. The van der Waals surface area contributed by atoms with Gasteiger partial charge in [-0.05, 0) is 55.6 Å². The molecule has 6 nitrogen and oxygen atoms in total. The third-order valence-electron chi connectivity index (χ3n) is 4.55. The van der Waals surface area contributed by atoms with E-state index < -0.39 is 0 Å². The maximum Gasteiger partial charge on any atom is 0.216 e. The van der Waals surface area contributed by atoms with E-state index in [2.05, 4.69) is 53.4 Å². The van der Waals surface area contributed by atoms with Gasteiger partial charge >= 0.3 is 0 Å². The summed E-state index contributed by atoms with van der Waals surface area (Å²) in [5, 5.41) is 18.4. The van der Waals surface area contributed by atoms with Gasteiger partial charge in [0.1, 0.15) is 0 Å². The lowest BCUT2D eigenvalue weighted by Crippen LogP contribution is -2.06. The van der Waals surface area contributed by atoms with Crippen molar-refractivity contribution < 1.29 is 0 Å². The van der Waals surface area contributed by atoms with E-state index >= 15 is 0 Å². The minimum Gasteiger partial charge on any atom is -0.365 e. The number of nitrogens with zero attached hydrogens (tertiary/aromatic N) is 5. The van der Waals surface area contributed by atoms with Crippen LogP contribution in [0.15, 0.2) is 27.3 Å². The number of rotatable bonds is 3. The van der Waals surface area contributed by atoms with E-state index in [1.54, 1.807) is 23.1 Å². The molecule has 130 valence electrons. The van der Waals surface area contributed by atoms with Crippen molar-refractivity contribution >= 4 is 44.2 Å². The zero-order valence-corrected chi connectivity index (χ0v) is 16.3. The molecular formula is C17H20N6S2. The number of thiazole rings is 1. The molecule has 1 aliphatic heterocycles. The average Bonchev–Trinajstić information content (AvgIpc) is 3.13. The molecule has 0 aliphatic carbocycles. The molecule has 0 fully saturated rings. The van der Waals surface area contributed by atoms with Crippen molar-refractivity contribution in [1.29, 1.82) is 0 Å². The highest BCUT2D eigenvalue weighted by Gasteiger charge is 2.20. The Labute approximate surface area is 154 Å². The molecule has 0 radical (unpaired) electrons. The quantitative estimate of drug-likeness (QED) is 0.746. The second-order valence-corrected chi connectivity index (χ2v) is 8.39. The SMILES string of the molecule is CNc1nc2cc(C)c(Sc3nnc4n3N=C(C)C(C)CC4)cc2s1. The Hall–Kier alpha value is -1.93. The molecule has 1 N–H and O–H groups in total. The van der Waals surface area contributed by atoms with Crippen LogP contribution in [0, 0.1) is 12.8 Å². The van der Waals surface area contributed by atoms with Crippen molar-refractivity contribution in [2.75, 3.05) is 12.4 Å². The van der Waals surface area contributed by atoms with Gasteiger partial charge in [0, 0.05) is 24.1 Å². The zero-order chi connectivity index (χ0) is 17.6. The van der Waals surface area contributed by atoms with E-state index in [4.69, 9.17) is 5.10 Å². The van der Waals surface area contributed by atoms with E-state index in [0.29, 0.717) is 5.92 Å². The van der Waals surface area contributed by atoms with Gasteiger partial charge in [-0.3, -0.25) is 0 Å². The van der Waals surface area contributed by atoms with Crippen LogP contribution < -0.4 is 5.32 Å². The van der Waals surface area contributed by atoms with Crippen LogP contribution in [0.1, 0.15) is 31.7 Å². The summed E-state index contributed by atoms with van der Waals surface area (Å²) in [7, 11) is 1.90. The summed E-state index contributed by atoms with van der Waals surface area (Å²) in [6.07, 6.45) is 1.98. The third-order valence-corrected chi connectivity index (χ3v) is 6.68. The van der Waals surface area contributed by atoms with Crippen LogP contribution in [0.25, 0.3) is 10.2 Å². The van der Waals surface area contributed by atoms with Gasteiger partial charge in [-0.2, -0.15) is 9.78 Å². The van der Waals surface area contributed by atoms with Crippen molar-refractivity contribution in [3.63, 3.8) is 0 Å². The largest absolute Gasteiger partial charge is 0.365 e. The summed E-state index contributed by atoms with van der Waals surface area (Å²) in [6.45, 7) is 6.41. The van der Waals surface area contributed by atoms with Crippen LogP contribution in [0.4, 0.5) is 5.13 Å². The second-order valence-electron chi connectivity index (χ2n) is 6.35. The third kappa shape index (κ3) is 3.04. The first kappa shape index (κ1) is 16.5. The molecule has 0 saturated carbocycles. The maximum atomic E-state index is 4.75. The average molecular weight is 373 g/mol. The fraction of sp³-hybridized carbons (Fsp3) is 0.412. The Bertz CT molecular complexity index is 971. The van der Waals surface area contributed by atoms with Gasteiger partial charge in [0.25, 0.3) is 0 Å². The Kier molecular flexibility index (Phi) is 4.24. The van der Waals surface area contributed by atoms with Crippen LogP contribution >= 0.6 is 23.1 Å². The molecule has 1 aromatic carbocycles. The minimum absolute atomic E-state index is 0.481. The van der Waals surface area contributed by atoms with E-state index in [1.807, 2.05) is 11.7 Å². The Morgan fingerprint density at radius 1 is 1.28 bits per heavy atom. The van der Waals surface area contributed by atoms with Crippen LogP contribution in [0.2, 0.25) is 0 Å². The van der Waals surface area contributed by atoms with Gasteiger partial charge in [-0.1, -0.05) is 18.3 Å². The van der Waals surface area contributed by atoms with Gasteiger partial charge in [0.2, 0.25) is 5.16 Å². The fourth-order valence-electron chi connectivity index (χ4n) is 2.80. The highest BCUT2D eigenvalue weighted by atomic mass is 32.2. The molecule has 0 spiro atoms. The predicted molar refractivity (Wildman–Crippen MR) is 104 cm³/mol. The van der Waals surface area contributed by atoms with E-state index in [1.165, 1.54) is 15.2 Å². The van der Waals surface area contributed by atoms with Crippen molar-refractivity contribution in [1.82, 2.24) is 19.9 Å². The summed E-state index contributed by atoms with van der Waals surface area (Å²) >= 11 is 3.28. The number of anilines is 1. The first-order valence-electron chi connectivity index (χ1n) is 8.31. The van der Waals surface area contributed by atoms with Crippen molar-refractivity contribution in [3.05, 3.63) is 23.5 Å². The molecule has 1 atom stereocenters. The normalized spacial score (nSPS) is 17.3. The van der Waals surface area contributed by atoms with Crippen molar-refractivity contribution in [2.24, 2.45) is 11.0 Å². The number of aryl methyl sites for hydroxylation is 2. The Morgan fingerprint density at radius 2 is 2.12 bits per heavy atom. The number of benzene rings is 1. The molecule has 8 heteroatoms. The predicted octanol–water partition coefficient (Wildman–Crippen LogP) is 4.20. The van der Waals surface area contributed by atoms with E-state index in [9.17, 15) is 0 Å². The Morgan fingerprint density at radius 3 is 2.92 bits per heavy atom. The topological polar surface area (TPSA) is 68.0 Å². The van der Waals surface area contributed by atoms with Gasteiger partial charge < -0.3 is 5.32 Å². The van der Waals surface area contributed by atoms with Crippen LogP contribution in [-0.4, -0.2) is 32.6 Å². The molecule has 1 aliphatic rings. The standard InChI is InChI=1S/C17H20N6S2/c1-9-5-6-15-20-21-17(23(15)22-11(9)3)25-13-8-14-12(7-10(13)2)19-16(18-4)24-14/h7-9H,5-6H2,1-4H3,(H,18,19). The molecule has 3 aromatic rings. The lowest BCUT2D eigenvalue weighted by atomic mass is 10.0. The molecule has 0 saturated heterocycles. The molecular weight excluding hydrogens is 352 g/mol. The van der Waals surface area contributed by atoms with Crippen LogP contribution in [-0.2, 0) is 6.42 Å². The van der Waals surface area contributed by atoms with Crippen molar-refractivity contribution in [3.8, 4) is 0 Å². The molecule has 1 unspecified atom stereocenters. The lowest BCUT2D eigenvalue weighted by molar-refractivity contribution is 0.663. The van der Waals surface area contributed by atoms with Gasteiger partial charge in [-0.25, -0.2) is 4.98 Å². The summed E-state index contributed by atoms with van der Waals surface area (Å²) in [4.78, 5) is 5.74. The summed E-state index contributed by atoms with van der Waals surface area (Å²) in [5.74, 6) is 1.43. The smallest absolute Gasteiger partial charge is 0.216 e. The Balaban J connectivity index is 1.73. The molecule has 4 rings (SSSR count). The fourth-order valence-corrected chi connectivity index (χ4v) is 4.62. The zero-order valence-electron chi connectivity index (χ0n) is 14.7. The molecule has 0 bridgehead atoms. The summed E-state index contributed by atoms with van der Waals surface area (Å²) in [5.41, 5.74) is 3.35. The number of aromatic nitrogens is 4. The summed E-state index contributed by atoms with van der Waals surface area (Å²) in [6, 6.07) is 4.32. The number of hydrogen-bond acceptors (Lipinski definition) is 7. The van der Waals surface area contributed by atoms with Crippen LogP contribution in [0.3, 0.4) is 0 Å². The first-order chi connectivity index (χ1) is 12.0. The molecule has 25 heavy (non-hydrogen) atoms. The van der Waals surface area contributed by atoms with E-state index in [-0.39, 0.29) is 0 Å². The summed E-state index contributed by atoms with van der Waals surface area (Å²) < 4.78 is 3.08. The highest BCUT2D eigenvalue weighted by Crippen LogP contribution is 2.36. The number of nitrogens with one attached hydrogen (secondary N) is 1. The minimum atomic E-state index is 0.481. The molecule has 0 amide bonds. The van der Waals surface area contributed by atoms with Gasteiger partial charge in [0.15, 0.2) is 11.0 Å². The van der Waals surface area contributed by atoms with Gasteiger partial charge in [0.05, 0.1) is 10.2 Å². The van der Waals surface area contributed by atoms with Crippen LogP contribution in [0.5, 0.6) is 0 Å². The van der Waals surface area contributed by atoms with E-state index in [0.717, 1.165) is 40.2 Å². The number of hydrogen-bond donors (Lipinski definition) is 1. The van der Waals surface area contributed by atoms with Gasteiger partial charge in [-0.15, -0.1) is 10.2 Å². The maximum absolute atomic E-state index is 4.75. The molecule has 2 aromatic heterocycles. The van der Waals surface area contributed by atoms with Crippen molar-refractivity contribution in [2.45, 2.75) is 43.7 Å². The first-order valence-corrected chi connectivity index (χ1v) is 9.95. The second kappa shape index (κ2) is 6.42. The number of fused-ring (bicyclic) bond motifs is 2.